The van der Waals surface area contributed by atoms with Gasteiger partial charge in [-0.25, -0.2) is 4.99 Å². The van der Waals surface area contributed by atoms with Gasteiger partial charge in [0, 0.05) is 12.0 Å². The highest BCUT2D eigenvalue weighted by Crippen LogP contribution is 2.37. The lowest BCUT2D eigenvalue weighted by Gasteiger charge is -2.16. The molecule has 1 aliphatic rings. The minimum Gasteiger partial charge on any atom is -0.466 e. The molecule has 0 unspecified atom stereocenters. The first kappa shape index (κ1) is 10.5. The lowest BCUT2D eigenvalue weighted by atomic mass is 9.88. The molecule has 1 aromatic rings. The van der Waals surface area contributed by atoms with Crippen LogP contribution >= 0.6 is 11.6 Å². The first-order valence-corrected chi connectivity index (χ1v) is 5.38. The van der Waals surface area contributed by atoms with Crippen molar-refractivity contribution in [3.8, 4) is 0 Å². The summed E-state index contributed by atoms with van der Waals surface area (Å²) in [5, 5.41) is 0.514. The van der Waals surface area contributed by atoms with E-state index in [0.717, 1.165) is 23.4 Å². The molecule has 0 amide bonds. The van der Waals surface area contributed by atoms with E-state index in [9.17, 15) is 0 Å². The highest BCUT2D eigenvalue weighted by molar-refractivity contribution is 6.68. The van der Waals surface area contributed by atoms with Crippen molar-refractivity contribution in [3.63, 3.8) is 0 Å². The Morgan fingerprint density at radius 2 is 2.13 bits per heavy atom. The molecule has 0 atom stereocenters. The number of hydrogen-bond acceptors (Lipinski definition) is 2. The van der Waals surface area contributed by atoms with Crippen molar-refractivity contribution < 1.29 is 4.42 Å². The van der Waals surface area contributed by atoms with Crippen molar-refractivity contribution in [2.75, 3.05) is 0 Å². The van der Waals surface area contributed by atoms with E-state index in [-0.39, 0.29) is 5.41 Å². The van der Waals surface area contributed by atoms with Gasteiger partial charge < -0.3 is 4.42 Å². The largest absolute Gasteiger partial charge is 0.466 e. The number of allylic oxidation sites excluding steroid dienone is 2. The second-order valence-corrected chi connectivity index (χ2v) is 5.10. The number of fused-ring (bicyclic) bond motifs is 1. The Bertz CT molecular complexity index is 435. The van der Waals surface area contributed by atoms with E-state index in [1.807, 2.05) is 12.2 Å². The lowest BCUT2D eigenvalue weighted by Crippen LogP contribution is -2.09. The fourth-order valence-electron chi connectivity index (χ4n) is 1.60. The summed E-state index contributed by atoms with van der Waals surface area (Å²) in [4.78, 5) is 4.37. The topological polar surface area (TPSA) is 25.5 Å². The minimum atomic E-state index is 0.0299. The van der Waals surface area contributed by atoms with Crippen molar-refractivity contribution in [3.05, 3.63) is 29.7 Å². The molecule has 1 aliphatic heterocycles. The summed E-state index contributed by atoms with van der Waals surface area (Å²) in [7, 11) is 0. The van der Waals surface area contributed by atoms with Crippen molar-refractivity contribution >= 4 is 22.5 Å². The van der Waals surface area contributed by atoms with Crippen LogP contribution in [0.5, 0.6) is 0 Å². The second-order valence-electron chi connectivity index (χ2n) is 4.71. The summed E-state index contributed by atoms with van der Waals surface area (Å²) >= 11 is 5.95. The van der Waals surface area contributed by atoms with Crippen LogP contribution < -0.4 is 0 Å². The molecule has 3 heteroatoms. The Morgan fingerprint density at radius 1 is 1.40 bits per heavy atom. The van der Waals surface area contributed by atoms with Crippen molar-refractivity contribution in [1.82, 2.24) is 0 Å². The summed E-state index contributed by atoms with van der Waals surface area (Å²) in [5.41, 5.74) is 2.04. The fraction of sp³-hybridized carbons (Fsp3) is 0.417. The number of hydrogen-bond donors (Lipinski definition) is 0. The SMILES string of the molecule is CC(C)(C)c1coc2c1N=C(Cl)C=CC2. The standard InChI is InChI=1S/C12H14ClNO/c1-12(2,3)8-7-15-9-5-4-6-10(13)14-11(8)9/h4,6-7H,5H2,1-3H3. The average molecular weight is 224 g/mol. The predicted molar refractivity (Wildman–Crippen MR) is 63.2 cm³/mol. The Morgan fingerprint density at radius 3 is 2.80 bits per heavy atom. The van der Waals surface area contributed by atoms with Gasteiger partial charge >= 0.3 is 0 Å². The highest BCUT2D eigenvalue weighted by atomic mass is 35.5. The third kappa shape index (κ3) is 2.00. The maximum atomic E-state index is 5.95. The number of aliphatic imine (C=N–C) groups is 1. The molecular formula is C12H14ClNO. The van der Waals surface area contributed by atoms with Gasteiger partial charge in [0.15, 0.2) is 0 Å². The first-order chi connectivity index (χ1) is 6.98. The Balaban J connectivity index is 2.56. The molecule has 0 N–H and O–H groups in total. The van der Waals surface area contributed by atoms with E-state index < -0.39 is 0 Å². The number of furan rings is 1. The molecule has 15 heavy (non-hydrogen) atoms. The third-order valence-corrected chi connectivity index (χ3v) is 2.63. The van der Waals surface area contributed by atoms with E-state index in [0.29, 0.717) is 5.17 Å². The first-order valence-electron chi connectivity index (χ1n) is 5.00. The van der Waals surface area contributed by atoms with Gasteiger partial charge in [0.05, 0.1) is 6.26 Å². The smallest absolute Gasteiger partial charge is 0.133 e. The zero-order valence-electron chi connectivity index (χ0n) is 9.17. The van der Waals surface area contributed by atoms with Crippen LogP contribution in [-0.4, -0.2) is 5.17 Å². The fourth-order valence-corrected chi connectivity index (χ4v) is 1.77. The van der Waals surface area contributed by atoms with Gasteiger partial charge in [-0.3, -0.25) is 0 Å². The van der Waals surface area contributed by atoms with Gasteiger partial charge in [-0.1, -0.05) is 38.4 Å². The summed E-state index contributed by atoms with van der Waals surface area (Å²) in [6.07, 6.45) is 6.32. The second kappa shape index (κ2) is 3.53. The van der Waals surface area contributed by atoms with E-state index in [2.05, 4.69) is 25.8 Å². The Hall–Kier alpha value is -1.02. The number of halogens is 1. The normalized spacial score (nSPS) is 15.9. The third-order valence-electron chi connectivity index (χ3n) is 2.42. The maximum Gasteiger partial charge on any atom is 0.133 e. The molecule has 0 aliphatic carbocycles. The molecule has 80 valence electrons. The number of nitrogens with zero attached hydrogens (tertiary/aromatic N) is 1. The Kier molecular flexibility index (Phi) is 2.47. The van der Waals surface area contributed by atoms with Gasteiger partial charge in [0.25, 0.3) is 0 Å². The summed E-state index contributed by atoms with van der Waals surface area (Å²) in [6, 6.07) is 0. The van der Waals surface area contributed by atoms with Crippen LogP contribution in [0.15, 0.2) is 27.8 Å². The molecule has 2 heterocycles. The van der Waals surface area contributed by atoms with Gasteiger partial charge in [0.2, 0.25) is 0 Å². The Labute approximate surface area is 94.6 Å². The van der Waals surface area contributed by atoms with Crippen LogP contribution in [0.25, 0.3) is 0 Å². The molecule has 2 rings (SSSR count). The summed E-state index contributed by atoms with van der Waals surface area (Å²) in [6.45, 7) is 6.42. The van der Waals surface area contributed by atoms with Gasteiger partial charge in [-0.05, 0) is 11.5 Å². The monoisotopic (exact) mass is 223 g/mol. The zero-order chi connectivity index (χ0) is 11.1. The van der Waals surface area contributed by atoms with Crippen molar-refractivity contribution in [2.24, 2.45) is 4.99 Å². The van der Waals surface area contributed by atoms with Gasteiger partial charge in [-0.2, -0.15) is 0 Å². The quantitative estimate of drug-likeness (QED) is 0.654. The molecule has 0 saturated heterocycles. The van der Waals surface area contributed by atoms with E-state index in [1.165, 1.54) is 0 Å². The summed E-state index contributed by atoms with van der Waals surface area (Å²) in [5.74, 6) is 0.895. The average Bonchev–Trinajstić information content (AvgIpc) is 2.40. The molecule has 0 saturated carbocycles. The van der Waals surface area contributed by atoms with E-state index in [1.54, 1.807) is 6.26 Å². The minimum absolute atomic E-state index is 0.0299. The lowest BCUT2D eigenvalue weighted by molar-refractivity contribution is 0.508. The molecule has 0 fully saturated rings. The predicted octanol–water partition coefficient (Wildman–Crippen LogP) is 3.96. The molecule has 0 aromatic carbocycles. The van der Waals surface area contributed by atoms with Crippen molar-refractivity contribution in [2.45, 2.75) is 32.6 Å². The molecule has 2 nitrogen and oxygen atoms in total. The van der Waals surface area contributed by atoms with Crippen molar-refractivity contribution in [1.29, 1.82) is 0 Å². The maximum absolute atomic E-state index is 5.95. The molecule has 0 spiro atoms. The van der Waals surface area contributed by atoms with Gasteiger partial charge in [-0.15, -0.1) is 0 Å². The van der Waals surface area contributed by atoms with Crippen LogP contribution in [0.2, 0.25) is 0 Å². The van der Waals surface area contributed by atoms with Crippen LogP contribution in [0.4, 0.5) is 5.69 Å². The molecule has 0 radical (unpaired) electrons. The van der Waals surface area contributed by atoms with Crippen LogP contribution in [0.3, 0.4) is 0 Å². The van der Waals surface area contributed by atoms with E-state index >= 15 is 0 Å². The van der Waals surface area contributed by atoms with E-state index in [4.69, 9.17) is 16.0 Å². The van der Waals surface area contributed by atoms with Crippen LogP contribution in [-0.2, 0) is 11.8 Å². The highest BCUT2D eigenvalue weighted by Gasteiger charge is 2.24. The zero-order valence-corrected chi connectivity index (χ0v) is 9.93. The summed E-state index contributed by atoms with van der Waals surface area (Å²) < 4.78 is 5.52. The van der Waals surface area contributed by atoms with Crippen LogP contribution in [0.1, 0.15) is 32.1 Å². The molecular weight excluding hydrogens is 210 g/mol. The molecule has 1 aromatic heterocycles. The van der Waals surface area contributed by atoms with Gasteiger partial charge in [0.1, 0.15) is 16.6 Å². The molecule has 0 bridgehead atoms. The van der Waals surface area contributed by atoms with Crippen LogP contribution in [0, 0.1) is 0 Å². The number of rotatable bonds is 0.